The maximum absolute atomic E-state index is 12.0. The molecule has 2 rings (SSSR count). The Kier molecular flexibility index (Phi) is 5.26. The molecule has 0 spiro atoms. The summed E-state index contributed by atoms with van der Waals surface area (Å²) in [5, 5.41) is 6.69. The van der Waals surface area contributed by atoms with Crippen LogP contribution in [0.5, 0.6) is 0 Å². The van der Waals surface area contributed by atoms with E-state index in [0.29, 0.717) is 5.02 Å². The van der Waals surface area contributed by atoms with Gasteiger partial charge >= 0.3 is 0 Å². The molecule has 0 heterocycles. The van der Waals surface area contributed by atoms with Crippen molar-refractivity contribution in [3.63, 3.8) is 0 Å². The number of amides is 1. The number of benzene rings is 2. The number of anilines is 2. The molecule has 3 nitrogen and oxygen atoms in total. The molecule has 0 radical (unpaired) electrons. The third kappa shape index (κ3) is 4.48. The smallest absolute Gasteiger partial charge is 0.243 e. The summed E-state index contributed by atoms with van der Waals surface area (Å²) in [7, 11) is 0. The fourth-order valence-corrected chi connectivity index (χ4v) is 2.66. The Morgan fingerprint density at radius 1 is 1.10 bits per heavy atom. The van der Waals surface area contributed by atoms with Gasteiger partial charge in [-0.3, -0.25) is 4.79 Å². The second-order valence-corrected chi connectivity index (χ2v) is 6.17. The van der Waals surface area contributed by atoms with E-state index >= 15 is 0 Å². The Bertz CT molecular complexity index is 673. The minimum Gasteiger partial charge on any atom is -0.376 e. The lowest BCUT2D eigenvalue weighted by Crippen LogP contribution is -2.22. The van der Waals surface area contributed by atoms with Crippen LogP contribution in [0.2, 0.25) is 5.02 Å². The van der Waals surface area contributed by atoms with Crippen molar-refractivity contribution in [2.24, 2.45) is 0 Å². The highest BCUT2D eigenvalue weighted by atomic mass is 79.9. The van der Waals surface area contributed by atoms with Gasteiger partial charge in [0.1, 0.15) is 0 Å². The fraction of sp³-hybridized carbons (Fsp3) is 0.188. The van der Waals surface area contributed by atoms with Crippen molar-refractivity contribution >= 4 is 44.8 Å². The van der Waals surface area contributed by atoms with E-state index in [9.17, 15) is 4.79 Å². The second kappa shape index (κ2) is 6.96. The van der Waals surface area contributed by atoms with Gasteiger partial charge in [-0.2, -0.15) is 0 Å². The van der Waals surface area contributed by atoms with Crippen LogP contribution in [-0.4, -0.2) is 12.5 Å². The van der Waals surface area contributed by atoms with E-state index in [-0.39, 0.29) is 12.5 Å². The van der Waals surface area contributed by atoms with E-state index in [0.717, 1.165) is 27.0 Å². The molecule has 0 aliphatic carbocycles. The van der Waals surface area contributed by atoms with E-state index in [1.807, 2.05) is 44.2 Å². The Morgan fingerprint density at radius 3 is 2.43 bits per heavy atom. The predicted molar refractivity (Wildman–Crippen MR) is 92.2 cm³/mol. The molecule has 2 aromatic carbocycles. The summed E-state index contributed by atoms with van der Waals surface area (Å²) in [5.41, 5.74) is 3.75. The van der Waals surface area contributed by atoms with Crippen LogP contribution in [0.15, 0.2) is 40.9 Å². The van der Waals surface area contributed by atoms with Crippen LogP contribution in [0.1, 0.15) is 11.1 Å². The monoisotopic (exact) mass is 366 g/mol. The SMILES string of the molecule is Cc1cc(Cl)ccc1NCC(=O)Nc1ccc(Br)cc1C. The summed E-state index contributed by atoms with van der Waals surface area (Å²) in [4.78, 5) is 12.0. The first-order valence-corrected chi connectivity index (χ1v) is 7.69. The molecule has 2 N–H and O–H groups in total. The maximum Gasteiger partial charge on any atom is 0.243 e. The number of hydrogen-bond acceptors (Lipinski definition) is 2. The summed E-state index contributed by atoms with van der Waals surface area (Å²) in [6, 6.07) is 11.3. The number of halogens is 2. The average molecular weight is 368 g/mol. The molecule has 0 aromatic heterocycles. The van der Waals surface area contributed by atoms with Gasteiger partial charge in [0.05, 0.1) is 6.54 Å². The third-order valence-corrected chi connectivity index (χ3v) is 3.82. The topological polar surface area (TPSA) is 41.1 Å². The zero-order valence-corrected chi connectivity index (χ0v) is 14.2. The predicted octanol–water partition coefficient (Wildman–Crippen LogP) is 4.77. The molecule has 21 heavy (non-hydrogen) atoms. The van der Waals surface area contributed by atoms with Gasteiger partial charge in [-0.1, -0.05) is 27.5 Å². The van der Waals surface area contributed by atoms with Crippen molar-refractivity contribution in [1.82, 2.24) is 0 Å². The van der Waals surface area contributed by atoms with E-state index in [4.69, 9.17) is 11.6 Å². The number of hydrogen-bond donors (Lipinski definition) is 2. The van der Waals surface area contributed by atoms with Gasteiger partial charge in [0.25, 0.3) is 0 Å². The highest BCUT2D eigenvalue weighted by molar-refractivity contribution is 9.10. The summed E-state index contributed by atoms with van der Waals surface area (Å²) < 4.78 is 0.993. The molecule has 0 saturated heterocycles. The minimum absolute atomic E-state index is 0.0882. The lowest BCUT2D eigenvalue weighted by Gasteiger charge is -2.11. The normalized spacial score (nSPS) is 10.3. The molecule has 0 bridgehead atoms. The van der Waals surface area contributed by atoms with E-state index in [2.05, 4.69) is 26.6 Å². The molecule has 5 heteroatoms. The zero-order chi connectivity index (χ0) is 15.4. The lowest BCUT2D eigenvalue weighted by molar-refractivity contribution is -0.114. The minimum atomic E-state index is -0.0882. The van der Waals surface area contributed by atoms with Crippen molar-refractivity contribution in [3.8, 4) is 0 Å². The standard InChI is InChI=1S/C16H16BrClN2O/c1-10-7-12(17)3-5-15(10)20-16(21)9-19-14-6-4-13(18)8-11(14)2/h3-8,19H,9H2,1-2H3,(H,20,21). The van der Waals surface area contributed by atoms with Gasteiger partial charge < -0.3 is 10.6 Å². The van der Waals surface area contributed by atoms with Crippen molar-refractivity contribution in [3.05, 3.63) is 57.0 Å². The average Bonchev–Trinajstić information content (AvgIpc) is 2.41. The Morgan fingerprint density at radius 2 is 1.76 bits per heavy atom. The third-order valence-electron chi connectivity index (χ3n) is 3.09. The van der Waals surface area contributed by atoms with Crippen LogP contribution in [-0.2, 0) is 4.79 Å². The Hall–Kier alpha value is -1.52. The van der Waals surface area contributed by atoms with Gasteiger partial charge in [-0.05, 0) is 61.4 Å². The van der Waals surface area contributed by atoms with Crippen LogP contribution in [0.25, 0.3) is 0 Å². The van der Waals surface area contributed by atoms with E-state index in [1.54, 1.807) is 6.07 Å². The Labute approximate surface area is 137 Å². The van der Waals surface area contributed by atoms with Crippen molar-refractivity contribution in [1.29, 1.82) is 0 Å². The second-order valence-electron chi connectivity index (χ2n) is 4.82. The molecule has 0 atom stereocenters. The fourth-order valence-electron chi connectivity index (χ4n) is 1.96. The number of carbonyl (C=O) groups excluding carboxylic acids is 1. The highest BCUT2D eigenvalue weighted by Gasteiger charge is 2.06. The van der Waals surface area contributed by atoms with E-state index in [1.165, 1.54) is 0 Å². The van der Waals surface area contributed by atoms with Crippen LogP contribution >= 0.6 is 27.5 Å². The quantitative estimate of drug-likeness (QED) is 0.817. The molecule has 110 valence electrons. The van der Waals surface area contributed by atoms with Gasteiger partial charge in [0.15, 0.2) is 0 Å². The number of nitrogens with one attached hydrogen (secondary N) is 2. The number of carbonyl (C=O) groups is 1. The maximum atomic E-state index is 12.0. The molecule has 1 amide bonds. The van der Waals surface area contributed by atoms with Crippen LogP contribution < -0.4 is 10.6 Å². The Balaban J connectivity index is 1.96. The largest absolute Gasteiger partial charge is 0.376 e. The van der Waals surface area contributed by atoms with Gasteiger partial charge in [-0.25, -0.2) is 0 Å². The first-order chi connectivity index (χ1) is 9.95. The van der Waals surface area contributed by atoms with Crippen molar-refractivity contribution in [2.75, 3.05) is 17.2 Å². The number of rotatable bonds is 4. The highest BCUT2D eigenvalue weighted by Crippen LogP contribution is 2.21. The number of aryl methyl sites for hydroxylation is 2. The first kappa shape index (κ1) is 15.9. The zero-order valence-electron chi connectivity index (χ0n) is 11.8. The first-order valence-electron chi connectivity index (χ1n) is 6.52. The summed E-state index contributed by atoms with van der Waals surface area (Å²) in [6.45, 7) is 4.11. The molecule has 0 fully saturated rings. The molecule has 0 aliphatic rings. The lowest BCUT2D eigenvalue weighted by atomic mass is 10.2. The van der Waals surface area contributed by atoms with Crippen LogP contribution in [0.3, 0.4) is 0 Å². The molecule has 0 unspecified atom stereocenters. The molecule has 2 aromatic rings. The van der Waals surface area contributed by atoms with Gasteiger partial charge in [0, 0.05) is 20.9 Å². The molecule has 0 aliphatic heterocycles. The van der Waals surface area contributed by atoms with Crippen molar-refractivity contribution < 1.29 is 4.79 Å². The summed E-state index contributed by atoms with van der Waals surface area (Å²) in [6.07, 6.45) is 0. The molecule has 0 saturated carbocycles. The van der Waals surface area contributed by atoms with E-state index < -0.39 is 0 Å². The van der Waals surface area contributed by atoms with Gasteiger partial charge in [0.2, 0.25) is 5.91 Å². The molecular weight excluding hydrogens is 352 g/mol. The van der Waals surface area contributed by atoms with Crippen LogP contribution in [0.4, 0.5) is 11.4 Å². The van der Waals surface area contributed by atoms with Crippen molar-refractivity contribution in [2.45, 2.75) is 13.8 Å². The van der Waals surface area contributed by atoms with Crippen LogP contribution in [0, 0.1) is 13.8 Å². The summed E-state index contributed by atoms with van der Waals surface area (Å²) >= 11 is 9.31. The summed E-state index contributed by atoms with van der Waals surface area (Å²) in [5.74, 6) is -0.0882. The van der Waals surface area contributed by atoms with Gasteiger partial charge in [-0.15, -0.1) is 0 Å². The molecular formula is C16H16BrClN2O.